The molecule has 0 N–H and O–H groups in total. The van der Waals surface area contributed by atoms with Crippen molar-refractivity contribution in [3.63, 3.8) is 0 Å². The molecule has 0 radical (unpaired) electrons. The predicted octanol–water partition coefficient (Wildman–Crippen LogP) is 6.04. The number of para-hydroxylation sites is 2. The van der Waals surface area contributed by atoms with E-state index in [1.54, 1.807) is 0 Å². The molecule has 130 valence electrons. The number of nitrogens with zero attached hydrogens (tertiary/aromatic N) is 1. The Labute approximate surface area is 154 Å². The highest BCUT2D eigenvalue weighted by Crippen LogP contribution is 2.39. The Kier molecular flexibility index (Phi) is 3.59. The monoisotopic (exact) mass is 342 g/mol. The van der Waals surface area contributed by atoms with Gasteiger partial charge in [0, 0.05) is 28.5 Å². The lowest BCUT2D eigenvalue weighted by Gasteiger charge is -2.13. The first-order chi connectivity index (χ1) is 12.7. The van der Waals surface area contributed by atoms with E-state index in [9.17, 15) is 0 Å². The van der Waals surface area contributed by atoms with E-state index in [1.807, 2.05) is 6.07 Å². The van der Waals surface area contributed by atoms with Crippen LogP contribution in [0.2, 0.25) is 0 Å². The minimum absolute atomic E-state index is 0.671. The molecular weight excluding hydrogens is 318 g/mol. The molecule has 26 heavy (non-hydrogen) atoms. The van der Waals surface area contributed by atoms with Gasteiger partial charge in [0.25, 0.3) is 0 Å². The molecule has 5 rings (SSSR count). The van der Waals surface area contributed by atoms with Crippen molar-refractivity contribution in [1.82, 2.24) is 0 Å². The molecule has 1 saturated carbocycles. The van der Waals surface area contributed by atoms with Gasteiger partial charge in [0.2, 0.25) is 17.0 Å². The van der Waals surface area contributed by atoms with E-state index in [0.717, 1.165) is 11.3 Å². The number of rotatable bonds is 2. The smallest absolute Gasteiger partial charge is 0.249 e. The molecule has 2 aromatic heterocycles. The molecule has 0 bridgehead atoms. The van der Waals surface area contributed by atoms with Crippen LogP contribution in [-0.4, -0.2) is 0 Å². The van der Waals surface area contributed by atoms with Crippen molar-refractivity contribution in [2.75, 3.05) is 0 Å². The van der Waals surface area contributed by atoms with Crippen LogP contribution in [0.1, 0.15) is 42.7 Å². The van der Waals surface area contributed by atoms with Crippen molar-refractivity contribution in [2.45, 2.75) is 38.5 Å². The maximum Gasteiger partial charge on any atom is 0.249 e. The van der Waals surface area contributed by atoms with E-state index in [-0.39, 0.29) is 0 Å². The molecule has 2 aromatic carbocycles. The first-order valence-electron chi connectivity index (χ1n) is 9.64. The SMILES string of the molecule is Cc1c(-c2cc(C3CCCC3)c3ccccc3[n+]2C)oc2ccccc12. The number of pyridine rings is 1. The zero-order valence-corrected chi connectivity index (χ0v) is 15.5. The standard InChI is InChI=1S/C24H24NO/c1-16-18-11-6-8-14-23(18)26-24(16)22-15-20(17-9-3-4-10-17)19-12-5-7-13-21(19)25(22)2/h5-8,11-15,17H,3-4,9-10H2,1-2H3/q+1. The molecule has 4 aromatic rings. The van der Waals surface area contributed by atoms with Crippen molar-refractivity contribution in [1.29, 1.82) is 0 Å². The maximum atomic E-state index is 6.31. The molecule has 0 unspecified atom stereocenters. The first kappa shape index (κ1) is 15.6. The molecule has 2 nitrogen and oxygen atoms in total. The van der Waals surface area contributed by atoms with Crippen molar-refractivity contribution in [3.8, 4) is 11.5 Å². The van der Waals surface area contributed by atoms with Crippen LogP contribution in [0.3, 0.4) is 0 Å². The van der Waals surface area contributed by atoms with E-state index in [1.165, 1.54) is 58.8 Å². The zero-order valence-electron chi connectivity index (χ0n) is 15.5. The van der Waals surface area contributed by atoms with Gasteiger partial charge < -0.3 is 4.42 Å². The van der Waals surface area contributed by atoms with Crippen LogP contribution in [0.25, 0.3) is 33.3 Å². The molecule has 2 heterocycles. The second kappa shape index (κ2) is 5.98. The Hall–Kier alpha value is -2.61. The summed E-state index contributed by atoms with van der Waals surface area (Å²) in [6.07, 6.45) is 5.30. The summed E-state index contributed by atoms with van der Waals surface area (Å²) in [5.74, 6) is 1.67. The second-order valence-corrected chi connectivity index (χ2v) is 7.59. The van der Waals surface area contributed by atoms with Crippen molar-refractivity contribution < 1.29 is 8.98 Å². The molecule has 0 spiro atoms. The highest BCUT2D eigenvalue weighted by Gasteiger charge is 2.27. The lowest BCUT2D eigenvalue weighted by molar-refractivity contribution is -0.634. The molecule has 0 aliphatic heterocycles. The molecule has 2 heteroatoms. The Balaban J connectivity index is 1.82. The second-order valence-electron chi connectivity index (χ2n) is 7.59. The summed E-state index contributed by atoms with van der Waals surface area (Å²) in [5, 5.41) is 2.59. The number of furan rings is 1. The zero-order chi connectivity index (χ0) is 17.7. The summed E-state index contributed by atoms with van der Waals surface area (Å²) in [6, 6.07) is 19.5. The number of hydrogen-bond donors (Lipinski definition) is 0. The third-order valence-electron chi connectivity index (χ3n) is 6.10. The number of benzene rings is 2. The average Bonchev–Trinajstić information content (AvgIpc) is 3.31. The van der Waals surface area contributed by atoms with Gasteiger partial charge >= 0.3 is 0 Å². The summed E-state index contributed by atoms with van der Waals surface area (Å²) in [6.45, 7) is 2.17. The van der Waals surface area contributed by atoms with Gasteiger partial charge in [0.15, 0.2) is 0 Å². The predicted molar refractivity (Wildman–Crippen MR) is 106 cm³/mol. The summed E-state index contributed by atoms with van der Waals surface area (Å²) in [5.41, 5.74) is 6.15. The van der Waals surface area contributed by atoms with E-state index in [4.69, 9.17) is 4.42 Å². The van der Waals surface area contributed by atoms with Gasteiger partial charge in [-0.2, -0.15) is 4.57 Å². The number of aromatic nitrogens is 1. The van der Waals surface area contributed by atoms with Crippen LogP contribution in [0, 0.1) is 6.92 Å². The number of aryl methyl sites for hydroxylation is 2. The van der Waals surface area contributed by atoms with Crippen molar-refractivity contribution in [2.24, 2.45) is 7.05 Å². The van der Waals surface area contributed by atoms with Gasteiger partial charge in [0.1, 0.15) is 12.6 Å². The largest absolute Gasteiger partial charge is 0.449 e. The minimum Gasteiger partial charge on any atom is -0.449 e. The van der Waals surface area contributed by atoms with Crippen LogP contribution in [0.15, 0.2) is 59.0 Å². The summed E-state index contributed by atoms with van der Waals surface area (Å²) >= 11 is 0. The summed E-state index contributed by atoms with van der Waals surface area (Å²) in [4.78, 5) is 0. The molecular formula is C24H24NO+. The fraction of sp³-hybridized carbons (Fsp3) is 0.292. The van der Waals surface area contributed by atoms with Gasteiger partial charge in [-0.25, -0.2) is 0 Å². The molecule has 1 aliphatic rings. The molecule has 0 saturated heterocycles. The van der Waals surface area contributed by atoms with Gasteiger partial charge in [-0.3, -0.25) is 0 Å². The van der Waals surface area contributed by atoms with Crippen molar-refractivity contribution >= 4 is 21.9 Å². The lowest BCUT2D eigenvalue weighted by atomic mass is 9.92. The fourth-order valence-corrected chi connectivity index (χ4v) is 4.67. The minimum atomic E-state index is 0.671. The van der Waals surface area contributed by atoms with Crippen molar-refractivity contribution in [3.05, 3.63) is 65.7 Å². The molecule has 0 atom stereocenters. The van der Waals surface area contributed by atoms with Crippen LogP contribution < -0.4 is 4.57 Å². The topological polar surface area (TPSA) is 17.0 Å². The Morgan fingerprint density at radius 2 is 1.62 bits per heavy atom. The third-order valence-corrected chi connectivity index (χ3v) is 6.10. The van der Waals surface area contributed by atoms with Crippen LogP contribution in [0.4, 0.5) is 0 Å². The molecule has 0 amide bonds. The quantitative estimate of drug-likeness (QED) is 0.406. The fourth-order valence-electron chi connectivity index (χ4n) is 4.67. The Morgan fingerprint density at radius 3 is 2.38 bits per heavy atom. The number of fused-ring (bicyclic) bond motifs is 2. The Bertz CT molecular complexity index is 1120. The van der Waals surface area contributed by atoms with E-state index in [2.05, 4.69) is 67.1 Å². The Morgan fingerprint density at radius 1 is 0.923 bits per heavy atom. The maximum absolute atomic E-state index is 6.31. The highest BCUT2D eigenvalue weighted by atomic mass is 16.3. The van der Waals surface area contributed by atoms with E-state index in [0.29, 0.717) is 5.92 Å². The normalized spacial score (nSPS) is 15.3. The van der Waals surface area contributed by atoms with Crippen LogP contribution in [-0.2, 0) is 7.05 Å². The van der Waals surface area contributed by atoms with Crippen LogP contribution >= 0.6 is 0 Å². The van der Waals surface area contributed by atoms with Gasteiger partial charge in [-0.05, 0) is 43.4 Å². The summed E-state index contributed by atoms with van der Waals surface area (Å²) in [7, 11) is 2.16. The number of hydrogen-bond acceptors (Lipinski definition) is 1. The van der Waals surface area contributed by atoms with E-state index >= 15 is 0 Å². The van der Waals surface area contributed by atoms with Crippen LogP contribution in [0.5, 0.6) is 0 Å². The summed E-state index contributed by atoms with van der Waals surface area (Å²) < 4.78 is 8.60. The van der Waals surface area contributed by atoms with Gasteiger partial charge in [-0.1, -0.05) is 43.2 Å². The van der Waals surface area contributed by atoms with Gasteiger partial charge in [-0.15, -0.1) is 0 Å². The van der Waals surface area contributed by atoms with E-state index < -0.39 is 0 Å². The molecule has 1 aliphatic carbocycles. The first-order valence-corrected chi connectivity index (χ1v) is 9.64. The average molecular weight is 342 g/mol. The third kappa shape index (κ3) is 2.28. The van der Waals surface area contributed by atoms with Gasteiger partial charge in [0.05, 0.1) is 0 Å². The molecule has 1 fully saturated rings. The lowest BCUT2D eigenvalue weighted by Crippen LogP contribution is -2.32. The highest BCUT2D eigenvalue weighted by molar-refractivity contribution is 5.88.